The zero-order valence-electron chi connectivity index (χ0n) is 20.3. The highest BCUT2D eigenvalue weighted by Gasteiger charge is 2.12. The quantitative estimate of drug-likeness (QED) is 0.303. The maximum Gasteiger partial charge on any atom is 0.251 e. The second-order valence-corrected chi connectivity index (χ2v) is 8.81. The van der Waals surface area contributed by atoms with Gasteiger partial charge in [0.05, 0.1) is 11.4 Å². The predicted molar refractivity (Wildman–Crippen MR) is 141 cm³/mol. The van der Waals surface area contributed by atoms with Crippen LogP contribution in [0.5, 0.6) is 0 Å². The Morgan fingerprint density at radius 1 is 1.00 bits per heavy atom. The molecule has 34 heavy (non-hydrogen) atoms. The molecule has 176 valence electrons. The molecule has 0 saturated carbocycles. The highest BCUT2D eigenvalue weighted by Crippen LogP contribution is 2.29. The summed E-state index contributed by atoms with van der Waals surface area (Å²) >= 11 is 0. The number of nitrogens with zero attached hydrogens (tertiary/aromatic N) is 2. The van der Waals surface area contributed by atoms with Crippen molar-refractivity contribution >= 4 is 16.7 Å². The fourth-order valence-corrected chi connectivity index (χ4v) is 4.40. The molecule has 1 amide bonds. The van der Waals surface area contributed by atoms with Gasteiger partial charge in [-0.3, -0.25) is 9.89 Å². The summed E-state index contributed by atoms with van der Waals surface area (Å²) in [5.41, 5.74) is 4.62. The number of aromatic nitrogens is 2. The van der Waals surface area contributed by atoms with Crippen LogP contribution in [-0.4, -0.2) is 46.7 Å². The van der Waals surface area contributed by atoms with Gasteiger partial charge < -0.3 is 10.2 Å². The van der Waals surface area contributed by atoms with Gasteiger partial charge >= 0.3 is 0 Å². The zero-order chi connectivity index (χ0) is 23.9. The number of amides is 1. The third kappa shape index (κ3) is 5.54. The van der Waals surface area contributed by atoms with Gasteiger partial charge in [-0.05, 0) is 68.4 Å². The van der Waals surface area contributed by atoms with E-state index in [4.69, 9.17) is 0 Å². The number of hydrogen-bond acceptors (Lipinski definition) is 3. The van der Waals surface area contributed by atoms with Gasteiger partial charge in [0.15, 0.2) is 0 Å². The molecule has 0 bridgehead atoms. The lowest BCUT2D eigenvalue weighted by Gasteiger charge is -2.19. The van der Waals surface area contributed by atoms with E-state index >= 15 is 0 Å². The molecular formula is C29H34N4O. The van der Waals surface area contributed by atoms with Crippen molar-refractivity contribution < 1.29 is 4.79 Å². The smallest absolute Gasteiger partial charge is 0.251 e. The summed E-state index contributed by atoms with van der Waals surface area (Å²) < 4.78 is 0. The normalized spacial score (nSPS) is 12.2. The van der Waals surface area contributed by atoms with Crippen LogP contribution in [-0.2, 0) is 0 Å². The molecule has 1 heterocycles. The van der Waals surface area contributed by atoms with E-state index < -0.39 is 0 Å². The zero-order valence-corrected chi connectivity index (χ0v) is 20.3. The van der Waals surface area contributed by atoms with Gasteiger partial charge in [0.1, 0.15) is 0 Å². The third-order valence-corrected chi connectivity index (χ3v) is 6.48. The number of rotatable bonds is 10. The molecule has 0 fully saturated rings. The monoisotopic (exact) mass is 454 g/mol. The molecular weight excluding hydrogens is 420 g/mol. The van der Waals surface area contributed by atoms with Crippen LogP contribution >= 0.6 is 0 Å². The number of benzene rings is 3. The van der Waals surface area contributed by atoms with Crippen molar-refractivity contribution in [2.45, 2.75) is 39.7 Å². The number of carbonyl (C=O) groups excluding carboxylic acids is 1. The van der Waals surface area contributed by atoms with E-state index in [9.17, 15) is 4.79 Å². The molecule has 5 heteroatoms. The highest BCUT2D eigenvalue weighted by atomic mass is 16.1. The van der Waals surface area contributed by atoms with Crippen molar-refractivity contribution in [1.82, 2.24) is 20.4 Å². The first-order valence-electron chi connectivity index (χ1n) is 12.3. The van der Waals surface area contributed by atoms with Crippen LogP contribution in [0, 0.1) is 0 Å². The van der Waals surface area contributed by atoms with E-state index in [0.29, 0.717) is 5.56 Å². The maximum absolute atomic E-state index is 12.7. The number of aromatic amines is 1. The lowest BCUT2D eigenvalue weighted by Crippen LogP contribution is -2.33. The van der Waals surface area contributed by atoms with E-state index in [-0.39, 0.29) is 11.9 Å². The Bertz CT molecular complexity index is 1220. The van der Waals surface area contributed by atoms with Gasteiger partial charge in [0.25, 0.3) is 5.91 Å². The molecule has 0 aliphatic heterocycles. The van der Waals surface area contributed by atoms with Crippen LogP contribution in [0.4, 0.5) is 0 Å². The summed E-state index contributed by atoms with van der Waals surface area (Å²) in [5.74, 6) is -0.0274. The van der Waals surface area contributed by atoms with E-state index in [1.807, 2.05) is 24.3 Å². The standard InChI is InChI=1S/C29H34N4O/c1-4-33(5-2)19-9-10-21(3)30-29(34)24-17-15-23(16-18-24)27-20-28(32-31-27)26-14-8-12-22-11-6-7-13-25(22)26/h6-8,11-18,20-21H,4-5,9-10,19H2,1-3H3,(H,30,34)(H,31,32). The lowest BCUT2D eigenvalue weighted by atomic mass is 10.0. The number of fused-ring (bicyclic) bond motifs is 1. The van der Waals surface area contributed by atoms with Crippen molar-refractivity contribution in [2.24, 2.45) is 0 Å². The Morgan fingerprint density at radius 2 is 1.74 bits per heavy atom. The summed E-state index contributed by atoms with van der Waals surface area (Å²) in [6, 6.07) is 24.5. The van der Waals surface area contributed by atoms with E-state index in [1.54, 1.807) is 0 Å². The average molecular weight is 455 g/mol. The fraction of sp³-hybridized carbons (Fsp3) is 0.310. The molecule has 4 aromatic rings. The summed E-state index contributed by atoms with van der Waals surface area (Å²) in [6.45, 7) is 9.67. The predicted octanol–water partition coefficient (Wildman–Crippen LogP) is 6.14. The second kappa shape index (κ2) is 11.1. The summed E-state index contributed by atoms with van der Waals surface area (Å²) in [6.07, 6.45) is 2.06. The molecule has 4 rings (SSSR count). The fourth-order valence-electron chi connectivity index (χ4n) is 4.40. The van der Waals surface area contributed by atoms with Gasteiger partial charge in [0, 0.05) is 22.7 Å². The van der Waals surface area contributed by atoms with E-state index in [2.05, 4.69) is 89.7 Å². The molecule has 1 atom stereocenters. The van der Waals surface area contributed by atoms with Crippen LogP contribution in [0.25, 0.3) is 33.3 Å². The van der Waals surface area contributed by atoms with Gasteiger partial charge in [-0.2, -0.15) is 5.10 Å². The molecule has 0 radical (unpaired) electrons. The summed E-state index contributed by atoms with van der Waals surface area (Å²) in [4.78, 5) is 15.1. The molecule has 0 aliphatic carbocycles. The largest absolute Gasteiger partial charge is 0.350 e. The average Bonchev–Trinajstić information content (AvgIpc) is 3.36. The number of carbonyl (C=O) groups is 1. The Morgan fingerprint density at radius 3 is 2.50 bits per heavy atom. The maximum atomic E-state index is 12.7. The minimum atomic E-state index is -0.0274. The van der Waals surface area contributed by atoms with Crippen LogP contribution in [0.15, 0.2) is 72.8 Å². The minimum Gasteiger partial charge on any atom is -0.350 e. The topological polar surface area (TPSA) is 61.0 Å². The van der Waals surface area contributed by atoms with Crippen LogP contribution < -0.4 is 5.32 Å². The van der Waals surface area contributed by atoms with Gasteiger partial charge in [0.2, 0.25) is 0 Å². The molecule has 2 N–H and O–H groups in total. The Kier molecular flexibility index (Phi) is 7.76. The molecule has 1 unspecified atom stereocenters. The first-order chi connectivity index (χ1) is 16.6. The SMILES string of the molecule is CCN(CC)CCCC(C)NC(=O)c1ccc(-c2cc(-c3cccc4ccccc34)[nH]n2)cc1. The molecule has 1 aromatic heterocycles. The summed E-state index contributed by atoms with van der Waals surface area (Å²) in [7, 11) is 0. The third-order valence-electron chi connectivity index (χ3n) is 6.48. The first-order valence-corrected chi connectivity index (χ1v) is 12.3. The lowest BCUT2D eigenvalue weighted by molar-refractivity contribution is 0.0937. The second-order valence-electron chi connectivity index (χ2n) is 8.81. The number of hydrogen-bond donors (Lipinski definition) is 2. The van der Waals surface area contributed by atoms with Crippen molar-refractivity contribution in [2.75, 3.05) is 19.6 Å². The van der Waals surface area contributed by atoms with E-state index in [0.717, 1.165) is 55.0 Å². The summed E-state index contributed by atoms with van der Waals surface area (Å²) in [5, 5.41) is 13.2. The van der Waals surface area contributed by atoms with Crippen LogP contribution in [0.2, 0.25) is 0 Å². The molecule has 3 aromatic carbocycles. The molecule has 0 aliphatic rings. The van der Waals surface area contributed by atoms with Crippen molar-refractivity contribution in [3.8, 4) is 22.5 Å². The van der Waals surface area contributed by atoms with Crippen LogP contribution in [0.1, 0.15) is 44.0 Å². The molecule has 0 spiro atoms. The van der Waals surface area contributed by atoms with Crippen LogP contribution in [0.3, 0.4) is 0 Å². The van der Waals surface area contributed by atoms with Gasteiger partial charge in [-0.25, -0.2) is 0 Å². The Labute approximate surface area is 202 Å². The van der Waals surface area contributed by atoms with Crippen molar-refractivity contribution in [3.63, 3.8) is 0 Å². The number of H-pyrrole nitrogens is 1. The molecule has 0 saturated heterocycles. The highest BCUT2D eigenvalue weighted by molar-refractivity contribution is 5.96. The first kappa shape index (κ1) is 23.7. The Balaban J connectivity index is 1.39. The van der Waals surface area contributed by atoms with E-state index in [1.165, 1.54) is 10.8 Å². The Hall–Kier alpha value is -3.44. The van der Waals surface area contributed by atoms with Gasteiger partial charge in [-0.1, -0.05) is 68.4 Å². The van der Waals surface area contributed by atoms with Gasteiger partial charge in [-0.15, -0.1) is 0 Å². The van der Waals surface area contributed by atoms with Crippen molar-refractivity contribution in [1.29, 1.82) is 0 Å². The van der Waals surface area contributed by atoms with Crippen molar-refractivity contribution in [3.05, 3.63) is 78.4 Å². The molecule has 5 nitrogen and oxygen atoms in total. The minimum absolute atomic E-state index is 0.0274. The number of nitrogens with one attached hydrogen (secondary N) is 2.